The highest BCUT2D eigenvalue weighted by atomic mass is 16.5. The summed E-state index contributed by atoms with van der Waals surface area (Å²) < 4.78 is 5.95. The monoisotopic (exact) mass is 380 g/mol. The largest absolute Gasteiger partial charge is 0.480 e. The van der Waals surface area contributed by atoms with Crippen LogP contribution >= 0.6 is 0 Å². The fraction of sp³-hybridized carbons (Fsp3) is 0.458. The average Bonchev–Trinajstić information content (AvgIpc) is 2.72. The van der Waals surface area contributed by atoms with E-state index in [2.05, 4.69) is 34.5 Å². The summed E-state index contributed by atoms with van der Waals surface area (Å²) in [6, 6.07) is 16.4. The molecule has 2 aromatic carbocycles. The predicted octanol–water partition coefficient (Wildman–Crippen LogP) is 4.45. The number of ether oxygens (including phenoxy) is 1. The molecule has 28 heavy (non-hydrogen) atoms. The molecule has 4 heteroatoms. The fourth-order valence-electron chi connectivity index (χ4n) is 3.68. The van der Waals surface area contributed by atoms with Gasteiger partial charge < -0.3 is 10.1 Å². The maximum atomic E-state index is 12.6. The lowest BCUT2D eigenvalue weighted by molar-refractivity contribution is -0.128. The van der Waals surface area contributed by atoms with E-state index in [0.717, 1.165) is 23.4 Å². The second-order valence-corrected chi connectivity index (χ2v) is 7.65. The second-order valence-electron chi connectivity index (χ2n) is 7.65. The van der Waals surface area contributed by atoms with Crippen molar-refractivity contribution in [3.63, 3.8) is 0 Å². The molecule has 0 unspecified atom stereocenters. The SMILES string of the molecule is CC[C@H](Oc1ccccc1C)C(=O)NCc1cccc(CN2CCCCC2)c1. The van der Waals surface area contributed by atoms with Crippen molar-refractivity contribution in [3.05, 3.63) is 65.2 Å². The van der Waals surface area contributed by atoms with Gasteiger partial charge in [-0.05, 0) is 62.0 Å². The molecule has 4 nitrogen and oxygen atoms in total. The molecule has 0 saturated carbocycles. The van der Waals surface area contributed by atoms with Crippen molar-refractivity contribution < 1.29 is 9.53 Å². The summed E-state index contributed by atoms with van der Waals surface area (Å²) in [5, 5.41) is 3.04. The molecular formula is C24H32N2O2. The van der Waals surface area contributed by atoms with E-state index >= 15 is 0 Å². The van der Waals surface area contributed by atoms with E-state index in [4.69, 9.17) is 4.74 Å². The molecule has 0 aliphatic carbocycles. The number of piperidine rings is 1. The number of aryl methyl sites for hydroxylation is 1. The van der Waals surface area contributed by atoms with Crippen LogP contribution in [0.3, 0.4) is 0 Å². The summed E-state index contributed by atoms with van der Waals surface area (Å²) >= 11 is 0. The van der Waals surface area contributed by atoms with Gasteiger partial charge in [0.05, 0.1) is 0 Å². The molecule has 1 aliphatic rings. The van der Waals surface area contributed by atoms with E-state index in [9.17, 15) is 4.79 Å². The summed E-state index contributed by atoms with van der Waals surface area (Å²) in [6.07, 6.45) is 4.11. The third-order valence-corrected chi connectivity index (χ3v) is 5.34. The molecule has 0 aromatic heterocycles. The first-order valence-electron chi connectivity index (χ1n) is 10.5. The van der Waals surface area contributed by atoms with Crippen LogP contribution in [0.1, 0.15) is 49.3 Å². The van der Waals surface area contributed by atoms with Crippen LogP contribution < -0.4 is 10.1 Å². The summed E-state index contributed by atoms with van der Waals surface area (Å²) in [5.41, 5.74) is 3.49. The van der Waals surface area contributed by atoms with Gasteiger partial charge in [0.15, 0.2) is 6.10 Å². The molecular weight excluding hydrogens is 348 g/mol. The Morgan fingerprint density at radius 3 is 2.57 bits per heavy atom. The number of nitrogens with one attached hydrogen (secondary N) is 1. The number of carbonyl (C=O) groups is 1. The Labute approximate surface area is 168 Å². The average molecular weight is 381 g/mol. The zero-order valence-corrected chi connectivity index (χ0v) is 17.1. The molecule has 1 amide bonds. The molecule has 1 heterocycles. The molecule has 1 N–H and O–H groups in total. The molecule has 1 atom stereocenters. The lowest BCUT2D eigenvalue weighted by Crippen LogP contribution is -2.37. The Morgan fingerprint density at radius 1 is 1.07 bits per heavy atom. The van der Waals surface area contributed by atoms with E-state index in [1.807, 2.05) is 38.1 Å². The minimum atomic E-state index is -0.474. The molecule has 0 bridgehead atoms. The highest BCUT2D eigenvalue weighted by Gasteiger charge is 2.19. The number of hydrogen-bond acceptors (Lipinski definition) is 3. The maximum Gasteiger partial charge on any atom is 0.261 e. The number of amides is 1. The Bertz CT molecular complexity index is 769. The Kier molecular flexibility index (Phi) is 7.49. The molecule has 1 fully saturated rings. The summed E-state index contributed by atoms with van der Waals surface area (Å²) in [5.74, 6) is 0.709. The van der Waals surface area contributed by atoms with Crippen LogP contribution in [0.15, 0.2) is 48.5 Å². The highest BCUT2D eigenvalue weighted by molar-refractivity contribution is 5.81. The van der Waals surface area contributed by atoms with Gasteiger partial charge in [0.25, 0.3) is 5.91 Å². The van der Waals surface area contributed by atoms with Gasteiger partial charge in [-0.25, -0.2) is 0 Å². The van der Waals surface area contributed by atoms with E-state index in [0.29, 0.717) is 13.0 Å². The van der Waals surface area contributed by atoms with Crippen molar-refractivity contribution in [1.82, 2.24) is 10.2 Å². The summed E-state index contributed by atoms with van der Waals surface area (Å²) in [7, 11) is 0. The van der Waals surface area contributed by atoms with E-state index in [-0.39, 0.29) is 5.91 Å². The number of benzene rings is 2. The van der Waals surface area contributed by atoms with Gasteiger partial charge in [-0.2, -0.15) is 0 Å². The minimum absolute atomic E-state index is 0.0628. The first-order chi connectivity index (χ1) is 13.7. The van der Waals surface area contributed by atoms with E-state index in [1.54, 1.807) is 0 Å². The van der Waals surface area contributed by atoms with Crippen molar-refractivity contribution in [1.29, 1.82) is 0 Å². The molecule has 1 saturated heterocycles. The van der Waals surface area contributed by atoms with Crippen LogP contribution in [-0.2, 0) is 17.9 Å². The van der Waals surface area contributed by atoms with Crippen molar-refractivity contribution in [2.24, 2.45) is 0 Å². The minimum Gasteiger partial charge on any atom is -0.480 e. The Balaban J connectivity index is 1.54. The molecule has 2 aromatic rings. The van der Waals surface area contributed by atoms with Gasteiger partial charge in [0.1, 0.15) is 5.75 Å². The number of rotatable bonds is 8. The zero-order chi connectivity index (χ0) is 19.8. The van der Waals surface area contributed by atoms with Crippen LogP contribution in [0.2, 0.25) is 0 Å². The van der Waals surface area contributed by atoms with Gasteiger partial charge in [0.2, 0.25) is 0 Å². The summed E-state index contributed by atoms with van der Waals surface area (Å²) in [4.78, 5) is 15.1. The van der Waals surface area contributed by atoms with Crippen LogP contribution in [-0.4, -0.2) is 30.0 Å². The highest BCUT2D eigenvalue weighted by Crippen LogP contribution is 2.19. The van der Waals surface area contributed by atoms with E-state index < -0.39 is 6.10 Å². The first-order valence-corrected chi connectivity index (χ1v) is 10.5. The Morgan fingerprint density at radius 2 is 1.82 bits per heavy atom. The normalized spacial score (nSPS) is 15.8. The smallest absolute Gasteiger partial charge is 0.261 e. The number of para-hydroxylation sites is 1. The van der Waals surface area contributed by atoms with Gasteiger partial charge >= 0.3 is 0 Å². The van der Waals surface area contributed by atoms with Gasteiger partial charge in [-0.3, -0.25) is 9.69 Å². The number of nitrogens with zero attached hydrogens (tertiary/aromatic N) is 1. The molecule has 150 valence electrons. The van der Waals surface area contributed by atoms with Crippen LogP contribution in [0.4, 0.5) is 0 Å². The fourth-order valence-corrected chi connectivity index (χ4v) is 3.68. The number of likely N-dealkylation sites (tertiary alicyclic amines) is 1. The van der Waals surface area contributed by atoms with Crippen LogP contribution in [0.25, 0.3) is 0 Å². The predicted molar refractivity (Wildman–Crippen MR) is 113 cm³/mol. The van der Waals surface area contributed by atoms with Crippen molar-refractivity contribution in [2.45, 2.75) is 58.7 Å². The van der Waals surface area contributed by atoms with Crippen LogP contribution in [0.5, 0.6) is 5.75 Å². The molecule has 0 spiro atoms. The first kappa shape index (κ1) is 20.4. The maximum absolute atomic E-state index is 12.6. The topological polar surface area (TPSA) is 41.6 Å². The molecule has 3 rings (SSSR count). The molecule has 1 aliphatic heterocycles. The third-order valence-electron chi connectivity index (χ3n) is 5.34. The van der Waals surface area contributed by atoms with Crippen molar-refractivity contribution in [2.75, 3.05) is 13.1 Å². The standard InChI is InChI=1S/C24H32N2O2/c1-3-22(28-23-13-6-5-10-19(23)2)24(27)25-17-20-11-9-12-21(16-20)18-26-14-7-4-8-15-26/h5-6,9-13,16,22H,3-4,7-8,14-15,17-18H2,1-2H3,(H,25,27)/t22-/m0/s1. The van der Waals surface area contributed by atoms with E-state index in [1.165, 1.54) is 37.9 Å². The van der Waals surface area contributed by atoms with Gasteiger partial charge in [-0.1, -0.05) is 55.8 Å². The van der Waals surface area contributed by atoms with Gasteiger partial charge in [-0.15, -0.1) is 0 Å². The lowest BCUT2D eigenvalue weighted by Gasteiger charge is -2.26. The molecule has 0 radical (unpaired) electrons. The van der Waals surface area contributed by atoms with Gasteiger partial charge in [0, 0.05) is 13.1 Å². The second kappa shape index (κ2) is 10.3. The number of carbonyl (C=O) groups excluding carboxylic acids is 1. The lowest BCUT2D eigenvalue weighted by atomic mass is 10.1. The third kappa shape index (κ3) is 5.83. The van der Waals surface area contributed by atoms with Crippen LogP contribution in [0, 0.1) is 6.92 Å². The van der Waals surface area contributed by atoms with Crippen molar-refractivity contribution in [3.8, 4) is 5.75 Å². The zero-order valence-electron chi connectivity index (χ0n) is 17.1. The Hall–Kier alpha value is -2.33. The summed E-state index contributed by atoms with van der Waals surface area (Å²) in [6.45, 7) is 7.87. The van der Waals surface area contributed by atoms with Crippen molar-refractivity contribution >= 4 is 5.91 Å². The number of hydrogen-bond donors (Lipinski definition) is 1. The quantitative estimate of drug-likeness (QED) is 0.735.